The molecule has 1 aromatic heterocycles. The second-order valence-electron chi connectivity index (χ2n) is 5.04. The van der Waals surface area contributed by atoms with E-state index in [1.807, 2.05) is 59.3 Å². The minimum Gasteiger partial charge on any atom is -0.333 e. The monoisotopic (exact) mass is 362 g/mol. The molecule has 0 aliphatic heterocycles. The van der Waals surface area contributed by atoms with E-state index < -0.39 is 0 Å². The predicted molar refractivity (Wildman–Crippen MR) is 97.8 cm³/mol. The summed E-state index contributed by atoms with van der Waals surface area (Å²) in [7, 11) is 0. The van der Waals surface area contributed by atoms with Crippen LogP contribution in [0.25, 0.3) is 10.6 Å². The van der Waals surface area contributed by atoms with E-state index in [1.54, 1.807) is 12.5 Å². The van der Waals surface area contributed by atoms with Crippen LogP contribution in [0, 0.1) is 0 Å². The minimum atomic E-state index is 0.614. The molecule has 5 heteroatoms. The molecule has 0 amide bonds. The molecule has 0 bridgehead atoms. The first-order valence-corrected chi connectivity index (χ1v) is 8.13. The van der Waals surface area contributed by atoms with Crippen molar-refractivity contribution >= 4 is 45.4 Å². The molecular formula is C18H13Cl3N2. The molecule has 0 saturated heterocycles. The fourth-order valence-corrected chi connectivity index (χ4v) is 2.82. The highest BCUT2D eigenvalue weighted by atomic mass is 35.5. The number of benzene rings is 2. The van der Waals surface area contributed by atoms with Crippen LogP contribution in [0.1, 0.15) is 11.1 Å². The molecule has 3 rings (SSSR count). The molecule has 0 spiro atoms. The van der Waals surface area contributed by atoms with Gasteiger partial charge in [0, 0.05) is 22.4 Å². The third kappa shape index (κ3) is 3.97. The van der Waals surface area contributed by atoms with Crippen LogP contribution in [0.15, 0.2) is 67.3 Å². The van der Waals surface area contributed by atoms with E-state index in [0.717, 1.165) is 16.7 Å². The zero-order chi connectivity index (χ0) is 16.2. The number of hydrogen-bond acceptors (Lipinski definition) is 1. The summed E-state index contributed by atoms with van der Waals surface area (Å²) in [5.74, 6) is 0. The van der Waals surface area contributed by atoms with Crippen molar-refractivity contribution in [3.8, 4) is 0 Å². The molecular weight excluding hydrogens is 351 g/mol. The fourth-order valence-electron chi connectivity index (χ4n) is 2.27. The van der Waals surface area contributed by atoms with Gasteiger partial charge in [0.25, 0.3) is 0 Å². The summed E-state index contributed by atoms with van der Waals surface area (Å²) < 4.78 is 1.97. The first kappa shape index (κ1) is 16.1. The zero-order valence-electron chi connectivity index (χ0n) is 12.1. The van der Waals surface area contributed by atoms with Gasteiger partial charge >= 0.3 is 0 Å². The SMILES string of the molecule is Cl/C(=C(\Cn1ccnc1)c1ccc(Cl)cc1)c1ccc(Cl)cc1. The summed E-state index contributed by atoms with van der Waals surface area (Å²) in [6.07, 6.45) is 5.42. The van der Waals surface area contributed by atoms with Crippen molar-refractivity contribution in [1.29, 1.82) is 0 Å². The maximum Gasteiger partial charge on any atom is 0.0949 e. The lowest BCUT2D eigenvalue weighted by atomic mass is 10.0. The van der Waals surface area contributed by atoms with Gasteiger partial charge < -0.3 is 4.57 Å². The third-order valence-electron chi connectivity index (χ3n) is 3.46. The molecule has 3 aromatic rings. The normalized spacial score (nSPS) is 12.1. The van der Waals surface area contributed by atoms with Crippen molar-refractivity contribution in [1.82, 2.24) is 9.55 Å². The Hall–Kier alpha value is -1.74. The molecule has 0 fully saturated rings. The number of hydrogen-bond donors (Lipinski definition) is 0. The van der Waals surface area contributed by atoms with Crippen molar-refractivity contribution in [2.24, 2.45) is 0 Å². The summed E-state index contributed by atoms with van der Waals surface area (Å²) in [5.41, 5.74) is 2.92. The van der Waals surface area contributed by atoms with Gasteiger partial charge in [0.15, 0.2) is 0 Å². The smallest absolute Gasteiger partial charge is 0.0949 e. The van der Waals surface area contributed by atoms with Gasteiger partial charge in [-0.3, -0.25) is 0 Å². The van der Waals surface area contributed by atoms with Gasteiger partial charge in [0.1, 0.15) is 0 Å². The molecule has 23 heavy (non-hydrogen) atoms. The van der Waals surface area contributed by atoms with Gasteiger partial charge in [0.2, 0.25) is 0 Å². The molecule has 0 aliphatic rings. The van der Waals surface area contributed by atoms with Gasteiger partial charge in [-0.1, -0.05) is 59.1 Å². The largest absolute Gasteiger partial charge is 0.333 e. The minimum absolute atomic E-state index is 0.614. The highest BCUT2D eigenvalue weighted by molar-refractivity contribution is 6.52. The van der Waals surface area contributed by atoms with Gasteiger partial charge in [-0.05, 0) is 41.0 Å². The lowest BCUT2D eigenvalue weighted by Gasteiger charge is -2.13. The molecule has 116 valence electrons. The Morgan fingerprint density at radius 3 is 1.96 bits per heavy atom. The lowest BCUT2D eigenvalue weighted by Crippen LogP contribution is -2.00. The van der Waals surface area contributed by atoms with Gasteiger partial charge in [0.05, 0.1) is 17.9 Å². The summed E-state index contributed by atoms with van der Waals surface area (Å²) >= 11 is 18.6. The highest BCUT2D eigenvalue weighted by Gasteiger charge is 2.11. The zero-order valence-corrected chi connectivity index (χ0v) is 14.4. The summed E-state index contributed by atoms with van der Waals surface area (Å²) in [6, 6.07) is 15.1. The van der Waals surface area contributed by atoms with E-state index in [2.05, 4.69) is 4.98 Å². The predicted octanol–water partition coefficient (Wildman–Crippen LogP) is 6.00. The number of rotatable bonds is 4. The van der Waals surface area contributed by atoms with Crippen LogP contribution >= 0.6 is 34.8 Å². The molecule has 0 radical (unpaired) electrons. The molecule has 1 heterocycles. The first-order chi connectivity index (χ1) is 11.1. The van der Waals surface area contributed by atoms with Crippen molar-refractivity contribution < 1.29 is 0 Å². The Morgan fingerprint density at radius 2 is 1.43 bits per heavy atom. The number of allylic oxidation sites excluding steroid dienone is 1. The summed E-state index contributed by atoms with van der Waals surface area (Å²) in [4.78, 5) is 4.09. The van der Waals surface area contributed by atoms with Crippen molar-refractivity contribution in [2.75, 3.05) is 0 Å². The van der Waals surface area contributed by atoms with Gasteiger partial charge in [-0.25, -0.2) is 4.98 Å². The fraction of sp³-hybridized carbons (Fsp3) is 0.0556. The maximum atomic E-state index is 6.69. The first-order valence-electron chi connectivity index (χ1n) is 7.00. The molecule has 0 N–H and O–H groups in total. The topological polar surface area (TPSA) is 17.8 Å². The van der Waals surface area contributed by atoms with Crippen molar-refractivity contribution in [3.63, 3.8) is 0 Å². The van der Waals surface area contributed by atoms with E-state index >= 15 is 0 Å². The average molecular weight is 364 g/mol. The second kappa shape index (κ2) is 7.22. The number of nitrogens with zero attached hydrogens (tertiary/aromatic N) is 2. The van der Waals surface area contributed by atoms with Crippen molar-refractivity contribution in [3.05, 3.63) is 88.4 Å². The Balaban J connectivity index is 2.07. The standard InChI is InChI=1S/C18H13Cl3N2/c19-15-5-1-13(2-6-15)17(11-23-10-9-22-12-23)18(21)14-3-7-16(20)8-4-14/h1-10,12H,11H2/b18-17+. The quantitative estimate of drug-likeness (QED) is 0.520. The van der Waals surface area contributed by atoms with E-state index in [-0.39, 0.29) is 0 Å². The molecule has 0 unspecified atom stereocenters. The molecule has 2 aromatic carbocycles. The molecule has 0 atom stereocenters. The Bertz CT molecular complexity index is 804. The number of aromatic nitrogens is 2. The van der Waals surface area contributed by atoms with Gasteiger partial charge in [-0.2, -0.15) is 0 Å². The van der Waals surface area contributed by atoms with Crippen LogP contribution in [0.4, 0.5) is 0 Å². The van der Waals surface area contributed by atoms with Gasteiger partial charge in [-0.15, -0.1) is 0 Å². The van der Waals surface area contributed by atoms with Crippen LogP contribution in [0.2, 0.25) is 10.0 Å². The van der Waals surface area contributed by atoms with E-state index in [4.69, 9.17) is 34.8 Å². The average Bonchev–Trinajstić information content (AvgIpc) is 3.07. The number of halogens is 3. The molecule has 0 aliphatic carbocycles. The Kier molecular flexibility index (Phi) is 5.06. The van der Waals surface area contributed by atoms with Crippen LogP contribution in [-0.2, 0) is 6.54 Å². The van der Waals surface area contributed by atoms with Crippen LogP contribution in [0.3, 0.4) is 0 Å². The summed E-state index contributed by atoms with van der Waals surface area (Å²) in [5, 5.41) is 2.05. The Morgan fingerprint density at radius 1 is 0.870 bits per heavy atom. The van der Waals surface area contributed by atoms with E-state index in [9.17, 15) is 0 Å². The van der Waals surface area contributed by atoms with Crippen LogP contribution in [-0.4, -0.2) is 9.55 Å². The van der Waals surface area contributed by atoms with E-state index in [0.29, 0.717) is 21.6 Å². The van der Waals surface area contributed by atoms with E-state index in [1.165, 1.54) is 0 Å². The molecule has 2 nitrogen and oxygen atoms in total. The highest BCUT2D eigenvalue weighted by Crippen LogP contribution is 2.32. The Labute approximate surface area is 149 Å². The third-order valence-corrected chi connectivity index (χ3v) is 4.41. The van der Waals surface area contributed by atoms with Crippen LogP contribution in [0.5, 0.6) is 0 Å². The number of imidazole rings is 1. The van der Waals surface area contributed by atoms with Crippen LogP contribution < -0.4 is 0 Å². The summed E-state index contributed by atoms with van der Waals surface area (Å²) in [6.45, 7) is 0.614. The molecule has 0 saturated carbocycles. The lowest BCUT2D eigenvalue weighted by molar-refractivity contribution is 0.835. The van der Waals surface area contributed by atoms with Crippen molar-refractivity contribution in [2.45, 2.75) is 6.54 Å². The maximum absolute atomic E-state index is 6.69. The second-order valence-corrected chi connectivity index (χ2v) is 6.29.